The van der Waals surface area contributed by atoms with Crippen molar-refractivity contribution in [3.8, 4) is 0 Å². The number of carbonyl (C=O) groups is 2. The molecule has 0 saturated carbocycles. The van der Waals surface area contributed by atoms with E-state index >= 15 is 0 Å². The van der Waals surface area contributed by atoms with Gasteiger partial charge in [-0.1, -0.05) is 0 Å². The van der Waals surface area contributed by atoms with E-state index in [1.165, 1.54) is 0 Å². The highest BCUT2D eigenvalue weighted by molar-refractivity contribution is 6.31. The van der Waals surface area contributed by atoms with Gasteiger partial charge in [0.05, 0.1) is 0 Å². The maximum absolute atomic E-state index is 10.5. The Kier molecular flexibility index (Phi) is 11.0. The SMILES string of the molecule is C[Si+2]C.O=C([O-])C(F)(F)F.O=C([O-])C(F)(F)F. The maximum Gasteiger partial charge on any atom is 0.895 e. The lowest BCUT2D eigenvalue weighted by Crippen LogP contribution is -2.37. The molecule has 0 radical (unpaired) electrons. The van der Waals surface area contributed by atoms with Crippen LogP contribution in [0.3, 0.4) is 0 Å². The van der Waals surface area contributed by atoms with Crippen LogP contribution in [-0.2, 0) is 9.59 Å². The van der Waals surface area contributed by atoms with Crippen molar-refractivity contribution in [1.29, 1.82) is 0 Å². The zero-order chi connectivity index (χ0) is 14.9. The number of carbonyl (C=O) groups excluding carboxylic acids is 2. The van der Waals surface area contributed by atoms with Crippen LogP contribution in [0.25, 0.3) is 0 Å². The second kappa shape index (κ2) is 8.84. The molecule has 0 aliphatic rings. The van der Waals surface area contributed by atoms with Crippen molar-refractivity contribution in [1.82, 2.24) is 0 Å². The fourth-order valence-electron chi connectivity index (χ4n) is 0. The molecule has 100 valence electrons. The Morgan fingerprint density at radius 2 is 0.882 bits per heavy atom. The largest absolute Gasteiger partial charge is 0.895 e. The molecular formula is C6H6F6O4Si. The van der Waals surface area contributed by atoms with Gasteiger partial charge in [0.25, 0.3) is 0 Å². The van der Waals surface area contributed by atoms with Crippen LogP contribution in [0.5, 0.6) is 0 Å². The molecule has 4 nitrogen and oxygen atoms in total. The summed E-state index contributed by atoms with van der Waals surface area (Å²) in [4.78, 5) is 17.6. The van der Waals surface area contributed by atoms with E-state index in [-0.39, 0.29) is 0 Å². The fourth-order valence-corrected chi connectivity index (χ4v) is 0. The quantitative estimate of drug-likeness (QED) is 0.439. The van der Waals surface area contributed by atoms with Gasteiger partial charge in [-0.25, -0.2) is 0 Å². The van der Waals surface area contributed by atoms with Crippen molar-refractivity contribution in [3.05, 3.63) is 0 Å². The summed E-state index contributed by atoms with van der Waals surface area (Å²) in [6, 6.07) is 0. The molecule has 0 rings (SSSR count). The number of carboxylic acid groups (broad SMARTS) is 2. The van der Waals surface area contributed by atoms with Crippen molar-refractivity contribution >= 4 is 21.5 Å². The molecule has 11 heteroatoms. The highest BCUT2D eigenvalue weighted by Crippen LogP contribution is 2.12. The van der Waals surface area contributed by atoms with Gasteiger partial charge in [-0.05, 0) is 0 Å². The maximum atomic E-state index is 10.5. The Hall–Kier alpha value is -1.26. The first-order valence-electron chi connectivity index (χ1n) is 3.45. The van der Waals surface area contributed by atoms with Crippen LogP contribution in [0.4, 0.5) is 26.3 Å². The first-order chi connectivity index (χ1) is 7.30. The number of hydrogen-bond donors (Lipinski definition) is 0. The van der Waals surface area contributed by atoms with E-state index in [0.717, 1.165) is 9.52 Å². The Morgan fingerprint density at radius 1 is 0.824 bits per heavy atom. The summed E-state index contributed by atoms with van der Waals surface area (Å²) in [7, 11) is 1.08. The average molecular weight is 284 g/mol. The van der Waals surface area contributed by atoms with Gasteiger partial charge in [-0.2, -0.15) is 26.3 Å². The van der Waals surface area contributed by atoms with Crippen LogP contribution >= 0.6 is 0 Å². The van der Waals surface area contributed by atoms with Gasteiger partial charge in [0.1, 0.15) is 11.9 Å². The zero-order valence-electron chi connectivity index (χ0n) is 8.40. The molecule has 0 aromatic rings. The molecule has 0 spiro atoms. The molecule has 17 heavy (non-hydrogen) atoms. The second-order valence-electron chi connectivity index (χ2n) is 2.07. The summed E-state index contributed by atoms with van der Waals surface area (Å²) in [5, 5.41) is 17.6. The first-order valence-corrected chi connectivity index (χ1v) is 5.45. The third-order valence-electron chi connectivity index (χ3n) is 0.463. The van der Waals surface area contributed by atoms with E-state index in [1.54, 1.807) is 0 Å². The van der Waals surface area contributed by atoms with Gasteiger partial charge in [-0.15, -0.1) is 0 Å². The van der Waals surface area contributed by atoms with Crippen molar-refractivity contribution in [2.75, 3.05) is 0 Å². The Morgan fingerprint density at radius 3 is 0.882 bits per heavy atom. The van der Waals surface area contributed by atoms with Crippen LogP contribution in [0, 0.1) is 0 Å². The lowest BCUT2D eigenvalue weighted by molar-refractivity contribution is -0.344. The van der Waals surface area contributed by atoms with Gasteiger partial charge in [0.15, 0.2) is 0 Å². The highest BCUT2D eigenvalue weighted by atomic mass is 28.2. The lowest BCUT2D eigenvalue weighted by atomic mass is 10.7. The van der Waals surface area contributed by atoms with E-state index in [2.05, 4.69) is 13.1 Å². The Balaban J connectivity index is -0.000000188. The minimum atomic E-state index is -5.19. The topological polar surface area (TPSA) is 80.3 Å². The standard InChI is InChI=1S/2C2HF3O2.C2H6Si/c2*3-2(4,5)1(6)7;1-3-2/h2*(H,6,7);1-2H3/q;;+2/p-2. The smallest absolute Gasteiger partial charge is 0.542 e. The normalized spacial score (nSPS) is 9.88. The van der Waals surface area contributed by atoms with Crippen LogP contribution in [0.2, 0.25) is 13.1 Å². The minimum Gasteiger partial charge on any atom is -0.542 e. The molecule has 0 N–H and O–H groups in total. The van der Waals surface area contributed by atoms with Gasteiger partial charge in [0.2, 0.25) is 13.1 Å². The molecule has 0 saturated heterocycles. The summed E-state index contributed by atoms with van der Waals surface area (Å²) in [6.07, 6.45) is -10.4. The average Bonchev–Trinajstić information content (AvgIpc) is 2.02. The van der Waals surface area contributed by atoms with E-state index < -0.39 is 24.3 Å². The molecule has 0 aromatic heterocycles. The predicted octanol–water partition coefficient (Wildman–Crippen LogP) is -0.616. The number of aliphatic carboxylic acids is 2. The molecule has 0 fully saturated rings. The van der Waals surface area contributed by atoms with Crippen molar-refractivity contribution < 1.29 is 46.1 Å². The van der Waals surface area contributed by atoms with E-state index in [0.29, 0.717) is 0 Å². The summed E-state index contributed by atoms with van der Waals surface area (Å²) in [6.45, 7) is 4.31. The zero-order valence-corrected chi connectivity index (χ0v) is 9.40. The summed E-state index contributed by atoms with van der Waals surface area (Å²) in [5.41, 5.74) is 0. The monoisotopic (exact) mass is 284 g/mol. The molecule has 0 heterocycles. The van der Waals surface area contributed by atoms with Crippen LogP contribution in [0.15, 0.2) is 0 Å². The summed E-state index contributed by atoms with van der Waals surface area (Å²) in [5.74, 6) is -6.01. The third-order valence-corrected chi connectivity index (χ3v) is 0.463. The number of rotatable bonds is 0. The van der Waals surface area contributed by atoms with Crippen LogP contribution < -0.4 is 10.2 Å². The third kappa shape index (κ3) is 20.7. The number of halogens is 6. The van der Waals surface area contributed by atoms with E-state index in [1.807, 2.05) is 0 Å². The lowest BCUT2D eigenvalue weighted by Gasteiger charge is -2.03. The van der Waals surface area contributed by atoms with Crippen molar-refractivity contribution in [2.45, 2.75) is 25.4 Å². The number of alkyl halides is 6. The molecule has 0 amide bonds. The van der Waals surface area contributed by atoms with Crippen molar-refractivity contribution in [2.24, 2.45) is 0 Å². The molecule has 0 aliphatic carbocycles. The Bertz CT molecular complexity index is 212. The Labute approximate surface area is 94.1 Å². The molecule has 0 aliphatic heterocycles. The molecule has 0 unspecified atom stereocenters. The van der Waals surface area contributed by atoms with Gasteiger partial charge < -0.3 is 19.8 Å². The molecule has 0 aromatic carbocycles. The summed E-state index contributed by atoms with van der Waals surface area (Å²) >= 11 is 0. The van der Waals surface area contributed by atoms with Gasteiger partial charge >= 0.3 is 21.9 Å². The van der Waals surface area contributed by atoms with Crippen LogP contribution in [-0.4, -0.2) is 33.8 Å². The minimum absolute atomic E-state index is 1.08. The predicted molar refractivity (Wildman–Crippen MR) is 39.6 cm³/mol. The van der Waals surface area contributed by atoms with Crippen LogP contribution in [0.1, 0.15) is 0 Å². The second-order valence-corrected chi connectivity index (χ2v) is 3.07. The number of carboxylic acids is 2. The van der Waals surface area contributed by atoms with Crippen molar-refractivity contribution in [3.63, 3.8) is 0 Å². The first kappa shape index (κ1) is 21.1. The molecule has 0 atom stereocenters. The van der Waals surface area contributed by atoms with E-state index in [9.17, 15) is 26.3 Å². The van der Waals surface area contributed by atoms with E-state index in [4.69, 9.17) is 19.8 Å². The van der Waals surface area contributed by atoms with Gasteiger partial charge in [-0.3, -0.25) is 0 Å². The highest BCUT2D eigenvalue weighted by Gasteiger charge is 2.29. The molecular weight excluding hydrogens is 278 g/mol. The fraction of sp³-hybridized carbons (Fsp3) is 0.667. The summed E-state index contributed by atoms with van der Waals surface area (Å²) < 4.78 is 63.1. The van der Waals surface area contributed by atoms with Gasteiger partial charge in [0, 0.05) is 0 Å². The molecule has 0 bridgehead atoms. The number of hydrogen-bond acceptors (Lipinski definition) is 4.